The van der Waals surface area contributed by atoms with Gasteiger partial charge in [0.05, 0.1) is 25.2 Å². The topological polar surface area (TPSA) is 66.8 Å². The number of carbonyl (C=O) groups excluding carboxylic acids is 1. The van der Waals surface area contributed by atoms with Crippen molar-refractivity contribution in [1.29, 1.82) is 0 Å². The van der Waals surface area contributed by atoms with Gasteiger partial charge in [0, 0.05) is 5.41 Å². The molecule has 0 aliphatic carbocycles. The van der Waals surface area contributed by atoms with Crippen LogP contribution in [0.15, 0.2) is 0 Å². The quantitative estimate of drug-likeness (QED) is 0.647. The number of carbonyl (C=O) groups is 1. The molecule has 0 atom stereocenters. The van der Waals surface area contributed by atoms with Gasteiger partial charge >= 0.3 is 5.97 Å². The molecule has 0 radical (unpaired) electrons. The third-order valence-electron chi connectivity index (χ3n) is 2.57. The van der Waals surface area contributed by atoms with E-state index < -0.39 is 17.0 Å². The molecule has 0 saturated heterocycles. The van der Waals surface area contributed by atoms with Gasteiger partial charge in [0.1, 0.15) is 0 Å². The summed E-state index contributed by atoms with van der Waals surface area (Å²) in [5.74, 6) is -0.440. The van der Waals surface area contributed by atoms with Crippen molar-refractivity contribution in [3.8, 4) is 0 Å². The number of hydrogen-bond donors (Lipinski definition) is 2. The number of ether oxygens (including phenoxy) is 1. The molecule has 0 aliphatic heterocycles. The second-order valence-electron chi connectivity index (χ2n) is 4.58. The summed E-state index contributed by atoms with van der Waals surface area (Å²) < 4.78 is 4.91. The van der Waals surface area contributed by atoms with Crippen LogP contribution in [0.5, 0.6) is 0 Å². The smallest absolute Gasteiger partial charge is 0.308 e. The summed E-state index contributed by atoms with van der Waals surface area (Å²) in [7, 11) is 0. The van der Waals surface area contributed by atoms with Crippen molar-refractivity contribution in [2.24, 2.45) is 5.41 Å². The number of rotatable bonds is 5. The largest absolute Gasteiger partial charge is 0.465 e. The maximum Gasteiger partial charge on any atom is 0.308 e. The average Bonchev–Trinajstić information content (AvgIpc) is 1.99. The molecule has 0 aliphatic rings. The van der Waals surface area contributed by atoms with Crippen LogP contribution in [0.2, 0.25) is 0 Å². The molecule has 84 valence electrons. The monoisotopic (exact) mass is 204 g/mol. The number of hydrogen-bond acceptors (Lipinski definition) is 4. The fourth-order valence-electron chi connectivity index (χ4n) is 0.601. The average molecular weight is 204 g/mol. The van der Waals surface area contributed by atoms with E-state index in [1.165, 1.54) is 0 Å². The van der Waals surface area contributed by atoms with Crippen molar-refractivity contribution < 1.29 is 19.7 Å². The van der Waals surface area contributed by atoms with Gasteiger partial charge in [-0.15, -0.1) is 0 Å². The Morgan fingerprint density at radius 1 is 1.29 bits per heavy atom. The molecule has 0 aromatic heterocycles. The lowest BCUT2D eigenvalue weighted by Crippen LogP contribution is -2.42. The summed E-state index contributed by atoms with van der Waals surface area (Å²) in [6.07, 6.45) is 0.00192. The first-order chi connectivity index (χ1) is 6.20. The van der Waals surface area contributed by atoms with Crippen LogP contribution < -0.4 is 0 Å². The molecule has 0 unspecified atom stereocenters. The van der Waals surface area contributed by atoms with Gasteiger partial charge in [0.15, 0.2) is 0 Å². The summed E-state index contributed by atoms with van der Waals surface area (Å²) in [6.45, 7) is 6.93. The van der Waals surface area contributed by atoms with Crippen LogP contribution in [-0.2, 0) is 9.53 Å². The number of aliphatic hydroxyl groups is 2. The van der Waals surface area contributed by atoms with Gasteiger partial charge in [0.25, 0.3) is 0 Å². The molecule has 0 heterocycles. The van der Waals surface area contributed by atoms with E-state index in [0.29, 0.717) is 0 Å². The van der Waals surface area contributed by atoms with Crippen molar-refractivity contribution in [3.63, 3.8) is 0 Å². The van der Waals surface area contributed by atoms with Crippen LogP contribution in [0.25, 0.3) is 0 Å². The fraction of sp³-hybridized carbons (Fsp3) is 0.900. The molecule has 0 saturated carbocycles. The first-order valence-electron chi connectivity index (χ1n) is 4.69. The summed E-state index contributed by atoms with van der Waals surface area (Å²) in [5, 5.41) is 18.2. The molecule has 4 nitrogen and oxygen atoms in total. The molecule has 14 heavy (non-hydrogen) atoms. The predicted octanol–water partition coefficient (Wildman–Crippen LogP) is 0.709. The minimum atomic E-state index is -0.910. The maximum absolute atomic E-state index is 11.0. The van der Waals surface area contributed by atoms with E-state index in [1.54, 1.807) is 13.8 Å². The van der Waals surface area contributed by atoms with Gasteiger partial charge in [-0.05, 0) is 13.8 Å². The Balaban J connectivity index is 4.06. The fourth-order valence-corrected chi connectivity index (χ4v) is 0.601. The second kappa shape index (κ2) is 4.75. The summed E-state index contributed by atoms with van der Waals surface area (Å²) >= 11 is 0. The van der Waals surface area contributed by atoms with E-state index in [2.05, 4.69) is 0 Å². The minimum absolute atomic E-state index is 0.00192. The Labute approximate surface area is 84.9 Å². The van der Waals surface area contributed by atoms with Crippen molar-refractivity contribution in [2.45, 2.75) is 39.7 Å². The van der Waals surface area contributed by atoms with Gasteiger partial charge in [-0.3, -0.25) is 4.79 Å². The van der Waals surface area contributed by atoms with Crippen LogP contribution in [-0.4, -0.2) is 35.0 Å². The Hall–Kier alpha value is -0.610. The molecular formula is C10H20O4. The van der Waals surface area contributed by atoms with Gasteiger partial charge in [-0.1, -0.05) is 13.8 Å². The van der Waals surface area contributed by atoms with Crippen molar-refractivity contribution in [2.75, 3.05) is 13.2 Å². The lowest BCUT2D eigenvalue weighted by atomic mass is 9.78. The highest BCUT2D eigenvalue weighted by molar-refractivity contribution is 5.69. The number of esters is 1. The highest BCUT2D eigenvalue weighted by atomic mass is 16.5. The maximum atomic E-state index is 11.0. The molecule has 0 fully saturated rings. The molecule has 2 N–H and O–H groups in total. The van der Waals surface area contributed by atoms with E-state index in [-0.39, 0.29) is 19.6 Å². The van der Waals surface area contributed by atoms with Crippen molar-refractivity contribution in [3.05, 3.63) is 0 Å². The second-order valence-corrected chi connectivity index (χ2v) is 4.58. The first kappa shape index (κ1) is 13.4. The normalized spacial score (nSPS) is 12.7. The highest BCUT2D eigenvalue weighted by Crippen LogP contribution is 2.30. The Morgan fingerprint density at radius 3 is 2.14 bits per heavy atom. The van der Waals surface area contributed by atoms with Crippen LogP contribution in [0.1, 0.15) is 34.1 Å². The third-order valence-corrected chi connectivity index (χ3v) is 2.57. The third kappa shape index (κ3) is 4.07. The molecule has 0 rings (SSSR count). The summed E-state index contributed by atoms with van der Waals surface area (Å²) in [5.41, 5.74) is -1.41. The van der Waals surface area contributed by atoms with Crippen molar-refractivity contribution in [1.82, 2.24) is 0 Å². The van der Waals surface area contributed by atoms with Crippen LogP contribution >= 0.6 is 0 Å². The number of aliphatic hydroxyl groups excluding tert-OH is 1. The van der Waals surface area contributed by atoms with Crippen LogP contribution in [0, 0.1) is 5.41 Å². The summed E-state index contributed by atoms with van der Waals surface area (Å²) in [4.78, 5) is 11.0. The van der Waals surface area contributed by atoms with E-state index in [4.69, 9.17) is 9.84 Å². The van der Waals surface area contributed by atoms with Gasteiger partial charge in [0.2, 0.25) is 0 Å². The molecule has 4 heteroatoms. The lowest BCUT2D eigenvalue weighted by molar-refractivity contribution is -0.153. The lowest BCUT2D eigenvalue weighted by Gasteiger charge is -2.36. The predicted molar refractivity (Wildman–Crippen MR) is 52.7 cm³/mol. The first-order valence-corrected chi connectivity index (χ1v) is 4.69. The van der Waals surface area contributed by atoms with Crippen LogP contribution in [0.3, 0.4) is 0 Å². The zero-order valence-corrected chi connectivity index (χ0v) is 9.33. The van der Waals surface area contributed by atoms with E-state index in [9.17, 15) is 9.90 Å². The molecule has 0 aromatic rings. The Bertz CT molecular complexity index is 191. The van der Waals surface area contributed by atoms with E-state index in [1.807, 2.05) is 13.8 Å². The molecule has 0 spiro atoms. The summed E-state index contributed by atoms with van der Waals surface area (Å²) in [6, 6.07) is 0. The zero-order chi connectivity index (χ0) is 11.4. The van der Waals surface area contributed by atoms with Crippen LogP contribution in [0.4, 0.5) is 0 Å². The van der Waals surface area contributed by atoms with E-state index >= 15 is 0 Å². The molecule has 0 bridgehead atoms. The highest BCUT2D eigenvalue weighted by Gasteiger charge is 2.36. The Kier molecular flexibility index (Phi) is 4.55. The minimum Gasteiger partial charge on any atom is -0.465 e. The zero-order valence-electron chi connectivity index (χ0n) is 9.33. The molecule has 0 amide bonds. The molecular weight excluding hydrogens is 184 g/mol. The van der Waals surface area contributed by atoms with Gasteiger partial charge in [-0.2, -0.15) is 0 Å². The standard InChI is InChI=1S/C10H20O4/c1-9(2,10(3,4)13)7-14-8(12)5-6-11/h11,13H,5-7H2,1-4H3. The SMILES string of the molecule is CC(C)(O)C(C)(C)COC(=O)CCO. The molecule has 0 aromatic carbocycles. The van der Waals surface area contributed by atoms with Gasteiger partial charge in [-0.25, -0.2) is 0 Å². The van der Waals surface area contributed by atoms with E-state index in [0.717, 1.165) is 0 Å². The van der Waals surface area contributed by atoms with Gasteiger partial charge < -0.3 is 14.9 Å². The Morgan fingerprint density at radius 2 is 1.79 bits per heavy atom. The van der Waals surface area contributed by atoms with Crippen molar-refractivity contribution >= 4 is 5.97 Å².